The topological polar surface area (TPSA) is 34.2 Å². The number of oxazole rings is 1. The van der Waals surface area contributed by atoms with Crippen LogP contribution in [0.3, 0.4) is 0 Å². The first-order valence-electron chi connectivity index (χ1n) is 17.2. The Labute approximate surface area is 295 Å². The van der Waals surface area contributed by atoms with Gasteiger partial charge in [-0.1, -0.05) is 115 Å². The summed E-state index contributed by atoms with van der Waals surface area (Å²) >= 11 is 0. The summed E-state index contributed by atoms with van der Waals surface area (Å²) in [5, 5.41) is 4.48. The predicted molar refractivity (Wildman–Crippen MR) is 211 cm³/mol. The van der Waals surface area contributed by atoms with Crippen LogP contribution in [0, 0.1) is 0 Å². The number of anilines is 3. The van der Waals surface area contributed by atoms with Gasteiger partial charge >= 0.3 is 0 Å². The molecule has 4 heteroatoms. The van der Waals surface area contributed by atoms with Crippen LogP contribution in [-0.2, 0) is 0 Å². The van der Waals surface area contributed by atoms with Crippen LogP contribution in [0.25, 0.3) is 71.9 Å². The van der Waals surface area contributed by atoms with Crippen LogP contribution >= 0.6 is 0 Å². The standard InChI is InChI=1S/C47H31N3O/c1-4-14-32(15-5-1)33-26-28-36(29-27-33)50(41-23-12-21-38-37(41)30-31-40-46(38)51-47(48-40)34-16-6-2-7-17-34)44-25-13-24-43-45(44)39-20-10-11-22-42(39)49(43)35-18-8-3-9-19-35/h1-31H. The molecule has 0 radical (unpaired) electrons. The Bertz CT molecular complexity index is 2840. The molecular formula is C47H31N3O. The lowest BCUT2D eigenvalue weighted by Crippen LogP contribution is -2.11. The van der Waals surface area contributed by atoms with E-state index in [0.29, 0.717) is 5.89 Å². The monoisotopic (exact) mass is 653 g/mol. The largest absolute Gasteiger partial charge is 0.435 e. The van der Waals surface area contributed by atoms with Crippen LogP contribution in [0.5, 0.6) is 0 Å². The second-order valence-corrected chi connectivity index (χ2v) is 12.8. The Morgan fingerprint density at radius 2 is 1.04 bits per heavy atom. The molecule has 0 bridgehead atoms. The minimum absolute atomic E-state index is 0.621. The van der Waals surface area contributed by atoms with Crippen molar-refractivity contribution in [3.8, 4) is 28.3 Å². The third-order valence-electron chi connectivity index (χ3n) is 9.81. The maximum absolute atomic E-state index is 6.53. The van der Waals surface area contributed by atoms with Gasteiger partial charge in [-0.15, -0.1) is 0 Å². The summed E-state index contributed by atoms with van der Waals surface area (Å²) in [5.74, 6) is 0.621. The van der Waals surface area contributed by atoms with Gasteiger partial charge in [0.25, 0.3) is 0 Å². The second kappa shape index (κ2) is 11.9. The van der Waals surface area contributed by atoms with Gasteiger partial charge in [0.1, 0.15) is 5.52 Å². The van der Waals surface area contributed by atoms with Gasteiger partial charge in [0.15, 0.2) is 5.58 Å². The molecule has 0 atom stereocenters. The van der Waals surface area contributed by atoms with E-state index in [-0.39, 0.29) is 0 Å². The van der Waals surface area contributed by atoms with E-state index < -0.39 is 0 Å². The van der Waals surface area contributed by atoms with Gasteiger partial charge in [-0.3, -0.25) is 0 Å². The lowest BCUT2D eigenvalue weighted by atomic mass is 10.0. The quantitative estimate of drug-likeness (QED) is 0.179. The van der Waals surface area contributed by atoms with Gasteiger partial charge in [0.05, 0.1) is 22.4 Å². The van der Waals surface area contributed by atoms with Crippen LogP contribution in [-0.4, -0.2) is 9.55 Å². The molecule has 0 saturated heterocycles. The summed E-state index contributed by atoms with van der Waals surface area (Å²) in [6.45, 7) is 0. The highest BCUT2D eigenvalue weighted by Gasteiger charge is 2.23. The lowest BCUT2D eigenvalue weighted by Gasteiger charge is -2.28. The van der Waals surface area contributed by atoms with Gasteiger partial charge in [-0.05, 0) is 83.9 Å². The average Bonchev–Trinajstić information content (AvgIpc) is 3.80. The number of hydrogen-bond donors (Lipinski definition) is 0. The van der Waals surface area contributed by atoms with E-state index in [9.17, 15) is 0 Å². The molecule has 0 saturated carbocycles. The van der Waals surface area contributed by atoms with Crippen molar-refractivity contribution in [3.05, 3.63) is 188 Å². The first-order valence-corrected chi connectivity index (χ1v) is 17.2. The van der Waals surface area contributed by atoms with Crippen molar-refractivity contribution < 1.29 is 4.42 Å². The minimum Gasteiger partial charge on any atom is -0.435 e. The average molecular weight is 654 g/mol. The minimum atomic E-state index is 0.621. The molecule has 0 unspecified atom stereocenters. The zero-order valence-corrected chi connectivity index (χ0v) is 27.6. The van der Waals surface area contributed by atoms with E-state index in [1.54, 1.807) is 0 Å². The van der Waals surface area contributed by atoms with E-state index in [1.165, 1.54) is 27.4 Å². The van der Waals surface area contributed by atoms with Crippen LogP contribution in [0.2, 0.25) is 0 Å². The Hall–Kier alpha value is -6.91. The molecule has 0 aliphatic rings. The molecule has 10 aromatic rings. The number of rotatable bonds is 6. The van der Waals surface area contributed by atoms with Crippen molar-refractivity contribution in [3.63, 3.8) is 0 Å². The highest BCUT2D eigenvalue weighted by Crippen LogP contribution is 2.46. The van der Waals surface area contributed by atoms with E-state index >= 15 is 0 Å². The molecule has 51 heavy (non-hydrogen) atoms. The molecule has 0 spiro atoms. The number of benzene rings is 8. The normalized spacial score (nSPS) is 11.5. The summed E-state index contributed by atoms with van der Waals surface area (Å²) in [5.41, 5.74) is 11.6. The summed E-state index contributed by atoms with van der Waals surface area (Å²) < 4.78 is 8.90. The van der Waals surface area contributed by atoms with Crippen molar-refractivity contribution in [2.24, 2.45) is 0 Å². The summed E-state index contributed by atoms with van der Waals surface area (Å²) in [7, 11) is 0. The molecular weight excluding hydrogens is 623 g/mol. The van der Waals surface area contributed by atoms with Crippen molar-refractivity contribution in [1.29, 1.82) is 0 Å². The molecule has 2 heterocycles. The highest BCUT2D eigenvalue weighted by atomic mass is 16.3. The fourth-order valence-corrected chi connectivity index (χ4v) is 7.51. The van der Waals surface area contributed by atoms with Crippen LogP contribution in [0.4, 0.5) is 17.1 Å². The molecule has 0 aliphatic carbocycles. The van der Waals surface area contributed by atoms with Gasteiger partial charge in [0, 0.05) is 38.5 Å². The van der Waals surface area contributed by atoms with Crippen molar-refractivity contribution in [2.75, 3.05) is 4.90 Å². The Morgan fingerprint density at radius 3 is 1.82 bits per heavy atom. The van der Waals surface area contributed by atoms with E-state index in [1.807, 2.05) is 30.3 Å². The van der Waals surface area contributed by atoms with Gasteiger partial charge in [-0.2, -0.15) is 0 Å². The number of para-hydroxylation sites is 2. The first-order chi connectivity index (χ1) is 25.3. The number of fused-ring (bicyclic) bond motifs is 6. The fraction of sp³-hybridized carbons (Fsp3) is 0. The third kappa shape index (κ3) is 4.80. The highest BCUT2D eigenvalue weighted by molar-refractivity contribution is 6.18. The van der Waals surface area contributed by atoms with Crippen LogP contribution in [0.1, 0.15) is 0 Å². The smallest absolute Gasteiger partial charge is 0.227 e. The first kappa shape index (κ1) is 29.0. The number of hydrogen-bond acceptors (Lipinski definition) is 3. The van der Waals surface area contributed by atoms with Crippen LogP contribution < -0.4 is 4.90 Å². The molecule has 240 valence electrons. The molecule has 4 nitrogen and oxygen atoms in total. The van der Waals surface area contributed by atoms with Crippen molar-refractivity contribution in [1.82, 2.24) is 9.55 Å². The van der Waals surface area contributed by atoms with E-state index in [4.69, 9.17) is 9.40 Å². The van der Waals surface area contributed by atoms with Gasteiger partial charge < -0.3 is 13.9 Å². The summed E-state index contributed by atoms with van der Waals surface area (Å²) in [4.78, 5) is 7.29. The Morgan fingerprint density at radius 1 is 0.431 bits per heavy atom. The maximum atomic E-state index is 6.53. The molecule has 0 amide bonds. The van der Waals surface area contributed by atoms with Crippen molar-refractivity contribution in [2.45, 2.75) is 0 Å². The maximum Gasteiger partial charge on any atom is 0.227 e. The van der Waals surface area contributed by atoms with Crippen molar-refractivity contribution >= 4 is 60.7 Å². The molecule has 2 aromatic heterocycles. The van der Waals surface area contributed by atoms with Gasteiger partial charge in [-0.25, -0.2) is 4.98 Å². The summed E-state index contributed by atoms with van der Waals surface area (Å²) in [6.07, 6.45) is 0. The molecule has 0 aliphatic heterocycles. The SMILES string of the molecule is c1ccc(-c2ccc(N(c3cccc4c3ccc3nc(-c5ccccc5)oc34)c3cccc4c3c3ccccc3n4-c3ccccc3)cc2)cc1. The molecule has 8 aromatic carbocycles. The Balaban J connectivity index is 1.24. The van der Waals surface area contributed by atoms with Gasteiger partial charge in [0.2, 0.25) is 5.89 Å². The molecule has 10 rings (SSSR count). The van der Waals surface area contributed by atoms with E-state index in [2.05, 4.69) is 167 Å². The van der Waals surface area contributed by atoms with E-state index in [0.717, 1.165) is 55.7 Å². The molecule has 0 N–H and O–H groups in total. The number of nitrogens with zero attached hydrogens (tertiary/aromatic N) is 3. The zero-order chi connectivity index (χ0) is 33.7. The lowest BCUT2D eigenvalue weighted by molar-refractivity contribution is 0.623. The predicted octanol–water partition coefficient (Wildman–Crippen LogP) is 12.9. The summed E-state index contributed by atoms with van der Waals surface area (Å²) in [6, 6.07) is 66.3. The zero-order valence-electron chi connectivity index (χ0n) is 27.6. The fourth-order valence-electron chi connectivity index (χ4n) is 7.51. The third-order valence-corrected chi connectivity index (χ3v) is 9.81. The van der Waals surface area contributed by atoms with Crippen LogP contribution in [0.15, 0.2) is 192 Å². The second-order valence-electron chi connectivity index (χ2n) is 12.8. The Kier molecular flexibility index (Phi) is 6.78. The number of aromatic nitrogens is 2. The molecule has 0 fully saturated rings.